The van der Waals surface area contributed by atoms with Crippen LogP contribution >= 0.6 is 24.8 Å². The number of rotatable bonds is 0. The molecule has 3 rings (SSSR count). The van der Waals surface area contributed by atoms with Crippen molar-refractivity contribution in [2.75, 3.05) is 0 Å². The molecule has 2 aromatic rings. The number of benzene rings is 1. The number of allylic oxidation sites excluding steroid dienone is 4. The topological polar surface area (TPSA) is 0 Å². The molecule has 0 aliphatic heterocycles. The molecular formula is C22H32Cl2GeZr-4. The average Bonchev–Trinajstić information content (AvgIpc) is 3.12. The summed E-state index contributed by atoms with van der Waals surface area (Å²) in [4.78, 5) is 0. The van der Waals surface area contributed by atoms with E-state index in [9.17, 15) is 0 Å². The van der Waals surface area contributed by atoms with Crippen LogP contribution in [-0.4, -0.2) is 12.1 Å². The molecule has 0 spiro atoms. The Hall–Kier alpha value is 0.316. The fraction of sp³-hybridized carbons (Fsp3) is 0.318. The first-order valence-corrected chi connectivity index (χ1v) is 15.0. The summed E-state index contributed by atoms with van der Waals surface area (Å²) in [6, 6.07) is 10.8. The zero-order valence-corrected chi connectivity index (χ0v) is 23.3. The van der Waals surface area contributed by atoms with Crippen LogP contribution in [0.2, 0.25) is 0 Å². The first-order valence-electron chi connectivity index (χ1n) is 7.53. The van der Waals surface area contributed by atoms with Crippen LogP contribution in [0.25, 0.3) is 10.8 Å². The Kier molecular flexibility index (Phi) is 21.2. The van der Waals surface area contributed by atoms with E-state index in [1.54, 1.807) is 21.6 Å². The standard InChI is InChI=1S/C11H11.C9H13.2CH3.2ClH.Ge.Zr/c1-8-7-10-5-3-4-6-11(10)9(8)2;1-9(2,3)8-6-4-5-7-8;;;;;;/h3-7H,1-2H3;6-7H,4H2,1-3H3;2*1H3;2*1H;;/q4*-1;;;;. The Bertz CT molecular complexity index is 679. The predicted octanol–water partition coefficient (Wildman–Crippen LogP) is 7.26. The van der Waals surface area contributed by atoms with Gasteiger partial charge in [0.2, 0.25) is 0 Å². The molecule has 0 bridgehead atoms. The zero-order valence-electron chi connectivity index (χ0n) is 17.1. The molecule has 146 valence electrons. The van der Waals surface area contributed by atoms with Gasteiger partial charge in [0.15, 0.2) is 0 Å². The third-order valence-electron chi connectivity index (χ3n) is 3.89. The zero-order chi connectivity index (χ0) is 16.8. The Labute approximate surface area is 194 Å². The van der Waals surface area contributed by atoms with Crippen molar-refractivity contribution in [1.82, 2.24) is 0 Å². The first kappa shape index (κ1) is 33.9. The molecule has 0 N–H and O–H groups in total. The van der Waals surface area contributed by atoms with Gasteiger partial charge >= 0.3 is 33.7 Å². The molecule has 0 aromatic heterocycles. The Morgan fingerprint density at radius 3 is 1.96 bits per heavy atom. The molecule has 0 atom stereocenters. The van der Waals surface area contributed by atoms with Crippen molar-refractivity contribution in [3.8, 4) is 0 Å². The van der Waals surface area contributed by atoms with E-state index < -0.39 is 0 Å². The van der Waals surface area contributed by atoms with Crippen molar-refractivity contribution in [2.45, 2.75) is 41.0 Å². The van der Waals surface area contributed by atoms with Gasteiger partial charge in [0.25, 0.3) is 0 Å². The van der Waals surface area contributed by atoms with E-state index >= 15 is 0 Å². The summed E-state index contributed by atoms with van der Waals surface area (Å²) < 4.78 is 0. The van der Waals surface area contributed by atoms with Gasteiger partial charge in [-0.2, -0.15) is 17.2 Å². The second-order valence-electron chi connectivity index (χ2n) is 6.50. The van der Waals surface area contributed by atoms with Crippen molar-refractivity contribution < 1.29 is 21.6 Å². The van der Waals surface area contributed by atoms with Gasteiger partial charge in [0.05, 0.1) is 0 Å². The fourth-order valence-electron chi connectivity index (χ4n) is 2.44. The van der Waals surface area contributed by atoms with Crippen LogP contribution < -0.4 is 0 Å². The molecule has 4 heteroatoms. The van der Waals surface area contributed by atoms with Gasteiger partial charge in [0.1, 0.15) is 0 Å². The van der Waals surface area contributed by atoms with E-state index in [1.165, 1.54) is 27.5 Å². The summed E-state index contributed by atoms with van der Waals surface area (Å²) >= 11 is 3.64. The number of hydrogen-bond donors (Lipinski definition) is 0. The Balaban J connectivity index is -0.000000151. The Morgan fingerprint density at radius 2 is 1.58 bits per heavy atom. The maximum atomic E-state index is 3.16. The van der Waals surface area contributed by atoms with Gasteiger partial charge in [-0.1, -0.05) is 46.1 Å². The summed E-state index contributed by atoms with van der Waals surface area (Å²) in [5.74, 6) is 0. The quantitative estimate of drug-likeness (QED) is 0.248. The molecule has 1 aliphatic carbocycles. The molecule has 0 heterocycles. The van der Waals surface area contributed by atoms with Crippen molar-refractivity contribution in [2.24, 2.45) is 5.41 Å². The van der Waals surface area contributed by atoms with Crippen LogP contribution in [0, 0.1) is 40.2 Å². The maximum absolute atomic E-state index is 3.16. The van der Waals surface area contributed by atoms with Crippen molar-refractivity contribution >= 4 is 47.7 Å². The third-order valence-corrected chi connectivity index (χ3v) is 3.89. The van der Waals surface area contributed by atoms with Crippen molar-refractivity contribution in [3.05, 3.63) is 80.1 Å². The average molecular weight is 531 g/mol. The molecule has 0 unspecified atom stereocenters. The molecule has 26 heavy (non-hydrogen) atoms. The molecular weight excluding hydrogens is 499 g/mol. The fourth-order valence-corrected chi connectivity index (χ4v) is 2.44. The molecule has 0 saturated carbocycles. The Morgan fingerprint density at radius 1 is 1.04 bits per heavy atom. The number of halogens is 2. The van der Waals surface area contributed by atoms with E-state index in [4.69, 9.17) is 0 Å². The second kappa shape index (κ2) is 16.3. The summed E-state index contributed by atoms with van der Waals surface area (Å²) in [5.41, 5.74) is 4.55. The minimum atomic E-state index is 0. The molecule has 0 nitrogen and oxygen atoms in total. The monoisotopic (exact) mass is 530 g/mol. The van der Waals surface area contributed by atoms with Crippen LogP contribution in [0.5, 0.6) is 0 Å². The number of fused-ring (bicyclic) bond motifs is 1. The summed E-state index contributed by atoms with van der Waals surface area (Å²) in [5, 5.41) is 2.76. The predicted molar refractivity (Wildman–Crippen MR) is 122 cm³/mol. The van der Waals surface area contributed by atoms with Gasteiger partial charge in [-0.15, -0.1) is 71.8 Å². The van der Waals surface area contributed by atoms with Gasteiger partial charge in [-0.3, -0.25) is 6.08 Å². The minimum absolute atomic E-state index is 0. The van der Waals surface area contributed by atoms with Crippen molar-refractivity contribution in [3.63, 3.8) is 0 Å². The third kappa shape index (κ3) is 10.0. The summed E-state index contributed by atoms with van der Waals surface area (Å²) in [6.07, 6.45) is 8.50. The van der Waals surface area contributed by atoms with E-state index in [-0.39, 0.29) is 39.7 Å². The van der Waals surface area contributed by atoms with Crippen molar-refractivity contribution in [1.29, 1.82) is 0 Å². The first-order chi connectivity index (χ1) is 10.4. The van der Waals surface area contributed by atoms with Gasteiger partial charge in [-0.05, 0) is 0 Å². The summed E-state index contributed by atoms with van der Waals surface area (Å²) in [7, 11) is 0. The van der Waals surface area contributed by atoms with E-state index in [1.807, 2.05) is 0 Å². The molecule has 0 saturated heterocycles. The van der Waals surface area contributed by atoms with E-state index in [0.717, 1.165) is 6.42 Å². The van der Waals surface area contributed by atoms with Crippen LogP contribution in [0.3, 0.4) is 0 Å². The number of aryl methyl sites for hydroxylation is 2. The molecule has 0 fully saturated rings. The molecule has 1 aliphatic rings. The summed E-state index contributed by atoms with van der Waals surface area (Å²) in [6.45, 7) is 11.0. The van der Waals surface area contributed by atoms with E-state index in [2.05, 4.69) is 95.3 Å². The number of hydrogen-bond acceptors (Lipinski definition) is 0. The molecule has 2 aromatic carbocycles. The van der Waals surface area contributed by atoms with Crippen LogP contribution in [-0.2, 0) is 21.6 Å². The SMILES string of the molecule is CC(C)(C)C1=CC[C-]=C1.Cc1[cH-]c2ccccc2c1C.Cl.Cl.[CH3-].[CH3-].[Ge]=[Zr]. The molecule has 2 radical (unpaired) electrons. The molecule has 0 amide bonds. The van der Waals surface area contributed by atoms with E-state index in [0.29, 0.717) is 5.41 Å². The second-order valence-corrected chi connectivity index (χ2v) is 6.50. The van der Waals surface area contributed by atoms with Gasteiger partial charge < -0.3 is 14.9 Å². The van der Waals surface area contributed by atoms with Crippen LogP contribution in [0.15, 0.2) is 48.1 Å². The van der Waals surface area contributed by atoms with Crippen LogP contribution in [0.4, 0.5) is 0 Å². The van der Waals surface area contributed by atoms with Gasteiger partial charge in [-0.25, -0.2) is 6.08 Å². The normalized spacial score (nSPS) is 11.0. The van der Waals surface area contributed by atoms with Gasteiger partial charge in [0, 0.05) is 0 Å². The van der Waals surface area contributed by atoms with Crippen LogP contribution in [0.1, 0.15) is 38.3 Å².